The van der Waals surface area contributed by atoms with Gasteiger partial charge in [-0.05, 0) is 67.9 Å². The van der Waals surface area contributed by atoms with Gasteiger partial charge in [0.15, 0.2) is 17.2 Å². The van der Waals surface area contributed by atoms with Crippen molar-refractivity contribution < 1.29 is 22.7 Å². The van der Waals surface area contributed by atoms with Gasteiger partial charge in [0.2, 0.25) is 0 Å². The van der Waals surface area contributed by atoms with Crippen molar-refractivity contribution in [2.45, 2.75) is 25.2 Å². The molecule has 1 aliphatic rings. The lowest BCUT2D eigenvalue weighted by Gasteiger charge is -2.34. The van der Waals surface area contributed by atoms with Crippen LogP contribution in [0.25, 0.3) is 16.9 Å². The highest BCUT2D eigenvalue weighted by Crippen LogP contribution is 2.34. The Kier molecular flexibility index (Phi) is 6.03. The molecule has 0 unspecified atom stereocenters. The van der Waals surface area contributed by atoms with Crippen LogP contribution in [-0.4, -0.2) is 56.4 Å². The maximum Gasteiger partial charge on any atom is 0.573 e. The van der Waals surface area contributed by atoms with Gasteiger partial charge in [0.1, 0.15) is 5.52 Å². The number of anilines is 1. The number of halogens is 3. The van der Waals surface area contributed by atoms with Crippen molar-refractivity contribution in [1.29, 1.82) is 0 Å². The summed E-state index contributed by atoms with van der Waals surface area (Å²) in [5.74, 6) is -1.20. The Morgan fingerprint density at radius 1 is 1.09 bits per heavy atom. The largest absolute Gasteiger partial charge is 0.573 e. The molecule has 180 valence electrons. The zero-order valence-corrected chi connectivity index (χ0v) is 18.3. The fourth-order valence-corrected chi connectivity index (χ4v) is 4.08. The molecule has 0 aliphatic carbocycles. The molecule has 1 saturated heterocycles. The van der Waals surface area contributed by atoms with Crippen LogP contribution in [0.15, 0.2) is 60.9 Å². The highest BCUT2D eigenvalue weighted by atomic mass is 19.4. The predicted molar refractivity (Wildman–Crippen MR) is 120 cm³/mol. The standard InChI is InChI=1S/C23H20F3N7O2/c24-23(25,26)35-19-6-3-13-29-21(19)32(17-4-1-11-27-14-17)22(34)15-7-9-16(10-8-15)33-20-18(30-31-33)5-2-12-28-20/h2-3,5-10,12-13,17,27H,1,4,11,14H2/t17-/m1/s1. The van der Waals surface area contributed by atoms with Crippen LogP contribution in [0.2, 0.25) is 0 Å². The highest BCUT2D eigenvalue weighted by Gasteiger charge is 2.36. The maximum absolute atomic E-state index is 13.6. The fourth-order valence-electron chi connectivity index (χ4n) is 4.08. The van der Waals surface area contributed by atoms with E-state index in [4.69, 9.17) is 0 Å². The smallest absolute Gasteiger partial charge is 0.402 e. The molecule has 5 rings (SSSR count). The number of rotatable bonds is 5. The van der Waals surface area contributed by atoms with Crippen molar-refractivity contribution in [3.05, 3.63) is 66.5 Å². The first-order valence-corrected chi connectivity index (χ1v) is 10.9. The number of piperidine rings is 1. The second kappa shape index (κ2) is 9.29. The molecule has 12 heteroatoms. The van der Waals surface area contributed by atoms with Crippen LogP contribution in [0.4, 0.5) is 19.0 Å². The third-order valence-electron chi connectivity index (χ3n) is 5.63. The van der Waals surface area contributed by atoms with Crippen molar-refractivity contribution >= 4 is 22.9 Å². The summed E-state index contributed by atoms with van der Waals surface area (Å²) in [4.78, 5) is 23.3. The molecule has 1 aromatic carbocycles. The van der Waals surface area contributed by atoms with Gasteiger partial charge in [0, 0.05) is 24.5 Å². The third kappa shape index (κ3) is 4.78. The zero-order chi connectivity index (χ0) is 24.4. The van der Waals surface area contributed by atoms with Gasteiger partial charge in [-0.25, -0.2) is 9.97 Å². The Morgan fingerprint density at radius 3 is 2.60 bits per heavy atom. The van der Waals surface area contributed by atoms with E-state index in [0.717, 1.165) is 19.0 Å². The normalized spacial score (nSPS) is 16.3. The van der Waals surface area contributed by atoms with Gasteiger partial charge in [-0.15, -0.1) is 18.3 Å². The Balaban J connectivity index is 1.50. The highest BCUT2D eigenvalue weighted by molar-refractivity contribution is 6.06. The summed E-state index contributed by atoms with van der Waals surface area (Å²) in [5, 5.41) is 11.4. The van der Waals surface area contributed by atoms with E-state index in [1.165, 1.54) is 17.2 Å². The number of carbonyl (C=O) groups is 1. The lowest BCUT2D eigenvalue weighted by Crippen LogP contribution is -2.49. The topological polar surface area (TPSA) is 98.1 Å². The van der Waals surface area contributed by atoms with E-state index in [1.807, 2.05) is 0 Å². The molecule has 0 spiro atoms. The van der Waals surface area contributed by atoms with Crippen LogP contribution >= 0.6 is 0 Å². The van der Waals surface area contributed by atoms with Crippen LogP contribution in [0, 0.1) is 0 Å². The number of aromatic nitrogens is 5. The summed E-state index contributed by atoms with van der Waals surface area (Å²) >= 11 is 0. The van der Waals surface area contributed by atoms with Gasteiger partial charge in [-0.3, -0.25) is 9.69 Å². The fraction of sp³-hybridized carbons (Fsp3) is 0.261. The first-order chi connectivity index (χ1) is 16.9. The first kappa shape index (κ1) is 22.7. The molecule has 35 heavy (non-hydrogen) atoms. The summed E-state index contributed by atoms with van der Waals surface area (Å²) in [6, 6.07) is 12.2. The number of nitrogens with zero attached hydrogens (tertiary/aromatic N) is 6. The number of carbonyl (C=O) groups excluding carboxylic acids is 1. The van der Waals surface area contributed by atoms with Gasteiger partial charge in [-0.2, -0.15) is 4.68 Å². The van der Waals surface area contributed by atoms with Gasteiger partial charge in [-0.1, -0.05) is 5.21 Å². The van der Waals surface area contributed by atoms with Gasteiger partial charge < -0.3 is 10.1 Å². The summed E-state index contributed by atoms with van der Waals surface area (Å²) < 4.78 is 44.9. The van der Waals surface area contributed by atoms with Crippen molar-refractivity contribution in [3.8, 4) is 11.4 Å². The SMILES string of the molecule is O=C(c1ccc(-n2nnc3cccnc32)cc1)N(c1ncccc1OC(F)(F)F)[C@@H]1CCCNC1. The minimum absolute atomic E-state index is 0.181. The molecule has 1 fully saturated rings. The molecular formula is C23H20F3N7O2. The van der Waals surface area contributed by atoms with Gasteiger partial charge in [0.25, 0.3) is 5.91 Å². The number of alkyl halides is 3. The zero-order valence-electron chi connectivity index (χ0n) is 18.3. The Hall–Kier alpha value is -4.06. The number of ether oxygens (including phenoxy) is 1. The monoisotopic (exact) mass is 483 g/mol. The van der Waals surface area contributed by atoms with Gasteiger partial charge in [0.05, 0.1) is 11.7 Å². The molecule has 1 amide bonds. The number of benzene rings is 1. The average molecular weight is 483 g/mol. The van der Waals surface area contributed by atoms with E-state index in [-0.39, 0.29) is 11.4 Å². The minimum atomic E-state index is -4.92. The molecule has 0 radical (unpaired) electrons. The maximum atomic E-state index is 13.6. The van der Waals surface area contributed by atoms with Crippen LogP contribution in [-0.2, 0) is 0 Å². The van der Waals surface area contributed by atoms with Crippen LogP contribution in [0.3, 0.4) is 0 Å². The molecule has 0 bridgehead atoms. The Morgan fingerprint density at radius 2 is 1.86 bits per heavy atom. The number of amides is 1. The van der Waals surface area contributed by atoms with Crippen LogP contribution < -0.4 is 15.0 Å². The number of hydrogen-bond acceptors (Lipinski definition) is 7. The van der Waals surface area contributed by atoms with E-state index in [2.05, 4.69) is 30.3 Å². The molecule has 3 aromatic heterocycles. The lowest BCUT2D eigenvalue weighted by atomic mass is 10.0. The quantitative estimate of drug-likeness (QED) is 0.464. The summed E-state index contributed by atoms with van der Waals surface area (Å²) in [7, 11) is 0. The summed E-state index contributed by atoms with van der Waals surface area (Å²) in [5.41, 5.74) is 2.09. The first-order valence-electron chi connectivity index (χ1n) is 10.9. The minimum Gasteiger partial charge on any atom is -0.402 e. The summed E-state index contributed by atoms with van der Waals surface area (Å²) in [6.45, 7) is 1.18. The van der Waals surface area contributed by atoms with E-state index >= 15 is 0 Å². The van der Waals surface area contributed by atoms with Crippen molar-refractivity contribution in [2.24, 2.45) is 0 Å². The van der Waals surface area contributed by atoms with Gasteiger partial charge >= 0.3 is 6.36 Å². The summed E-state index contributed by atoms with van der Waals surface area (Å²) in [6.07, 6.45) is -0.588. The van der Waals surface area contributed by atoms with Crippen LogP contribution in [0.5, 0.6) is 5.75 Å². The van der Waals surface area contributed by atoms with Crippen molar-refractivity contribution in [2.75, 3.05) is 18.0 Å². The number of hydrogen-bond donors (Lipinski definition) is 1. The second-order valence-electron chi connectivity index (χ2n) is 7.94. The molecule has 4 heterocycles. The van der Waals surface area contributed by atoms with Crippen molar-refractivity contribution in [1.82, 2.24) is 30.3 Å². The van der Waals surface area contributed by atoms with E-state index < -0.39 is 24.1 Å². The third-order valence-corrected chi connectivity index (χ3v) is 5.63. The van der Waals surface area contributed by atoms with Crippen molar-refractivity contribution in [3.63, 3.8) is 0 Å². The number of pyridine rings is 2. The molecule has 4 aromatic rings. The number of nitrogens with one attached hydrogen (secondary N) is 1. The molecule has 1 N–H and O–H groups in total. The predicted octanol–water partition coefficient (Wildman–Crippen LogP) is 3.51. The average Bonchev–Trinajstić information content (AvgIpc) is 3.29. The molecular weight excluding hydrogens is 463 g/mol. The molecule has 9 nitrogen and oxygen atoms in total. The molecule has 1 aliphatic heterocycles. The second-order valence-corrected chi connectivity index (χ2v) is 7.94. The Bertz CT molecular complexity index is 1330. The van der Waals surface area contributed by atoms with E-state index in [0.29, 0.717) is 29.8 Å². The van der Waals surface area contributed by atoms with E-state index in [9.17, 15) is 18.0 Å². The molecule has 1 atom stereocenters. The Labute approximate surface area is 197 Å². The lowest BCUT2D eigenvalue weighted by molar-refractivity contribution is -0.274. The van der Waals surface area contributed by atoms with Crippen LogP contribution in [0.1, 0.15) is 23.2 Å². The molecule has 0 saturated carbocycles. The number of fused-ring (bicyclic) bond motifs is 1. The van der Waals surface area contributed by atoms with E-state index in [1.54, 1.807) is 47.3 Å².